The Bertz CT molecular complexity index is 650. The highest BCUT2D eigenvalue weighted by Crippen LogP contribution is 2.44. The maximum absolute atomic E-state index is 12.4. The molecular weight excluding hydrogens is 252 g/mol. The van der Waals surface area contributed by atoms with Gasteiger partial charge in [-0.15, -0.1) is 0 Å². The molecule has 0 radical (unpaired) electrons. The smallest absolute Gasteiger partial charge is 0.263 e. The lowest BCUT2D eigenvalue weighted by Crippen LogP contribution is -2.35. The van der Waals surface area contributed by atoms with Crippen LogP contribution in [-0.2, 0) is 0 Å². The van der Waals surface area contributed by atoms with E-state index in [0.717, 1.165) is 6.42 Å². The number of rotatable bonds is 2. The Morgan fingerprint density at radius 3 is 2.65 bits per heavy atom. The third kappa shape index (κ3) is 1.48. The molecule has 2 amide bonds. The molecule has 3 unspecified atom stereocenters. The highest BCUT2D eigenvalue weighted by atomic mass is 16.2. The summed E-state index contributed by atoms with van der Waals surface area (Å²) in [6.45, 7) is 0.525. The molecular formula is C16H16N2O2. The Balaban J connectivity index is 1.62. The minimum Gasteiger partial charge on any atom is -0.398 e. The van der Waals surface area contributed by atoms with Crippen LogP contribution < -0.4 is 5.73 Å². The van der Waals surface area contributed by atoms with Crippen LogP contribution in [0.25, 0.3) is 0 Å². The minimum atomic E-state index is -0.227. The lowest BCUT2D eigenvalue weighted by atomic mass is 9.93. The minimum absolute atomic E-state index is 0.191. The van der Waals surface area contributed by atoms with Gasteiger partial charge in [0.1, 0.15) is 0 Å². The lowest BCUT2D eigenvalue weighted by molar-refractivity contribution is 0.0622. The van der Waals surface area contributed by atoms with Gasteiger partial charge in [-0.1, -0.05) is 18.2 Å². The van der Waals surface area contributed by atoms with E-state index in [1.54, 1.807) is 18.2 Å². The molecule has 0 aromatic heterocycles. The third-order valence-electron chi connectivity index (χ3n) is 4.86. The molecule has 1 fully saturated rings. The summed E-state index contributed by atoms with van der Waals surface area (Å²) in [5.74, 6) is 1.17. The monoisotopic (exact) mass is 268 g/mol. The van der Waals surface area contributed by atoms with Gasteiger partial charge in [0.15, 0.2) is 0 Å². The first-order chi connectivity index (χ1) is 9.65. The Kier molecular flexibility index (Phi) is 2.31. The third-order valence-corrected chi connectivity index (χ3v) is 4.86. The molecule has 2 bridgehead atoms. The van der Waals surface area contributed by atoms with Crippen LogP contribution in [-0.4, -0.2) is 23.3 Å². The first-order valence-electron chi connectivity index (χ1n) is 7.08. The van der Waals surface area contributed by atoms with Crippen LogP contribution in [0.2, 0.25) is 0 Å². The number of nitrogen functional groups attached to an aromatic ring is 1. The number of benzene rings is 1. The predicted octanol–water partition coefficient (Wildman–Crippen LogP) is 2.08. The van der Waals surface area contributed by atoms with E-state index in [-0.39, 0.29) is 11.8 Å². The van der Waals surface area contributed by atoms with Gasteiger partial charge >= 0.3 is 0 Å². The Labute approximate surface area is 117 Å². The van der Waals surface area contributed by atoms with Crippen LogP contribution in [0.3, 0.4) is 0 Å². The molecule has 20 heavy (non-hydrogen) atoms. The SMILES string of the molecule is Nc1cccc2c1C(=O)N(CC1CC3C=CC1C3)C2=O. The van der Waals surface area contributed by atoms with E-state index in [4.69, 9.17) is 5.73 Å². The van der Waals surface area contributed by atoms with Crippen molar-refractivity contribution in [3.8, 4) is 0 Å². The molecule has 1 aromatic carbocycles. The van der Waals surface area contributed by atoms with Gasteiger partial charge in [-0.2, -0.15) is 0 Å². The van der Waals surface area contributed by atoms with Crippen molar-refractivity contribution in [1.82, 2.24) is 4.90 Å². The molecule has 4 rings (SSSR count). The van der Waals surface area contributed by atoms with Crippen molar-refractivity contribution in [1.29, 1.82) is 0 Å². The zero-order valence-corrected chi connectivity index (χ0v) is 11.1. The van der Waals surface area contributed by atoms with E-state index in [2.05, 4.69) is 12.2 Å². The number of allylic oxidation sites excluding steroid dienone is 2. The van der Waals surface area contributed by atoms with E-state index in [1.165, 1.54) is 11.3 Å². The van der Waals surface area contributed by atoms with Crippen LogP contribution in [0.5, 0.6) is 0 Å². The summed E-state index contributed by atoms with van der Waals surface area (Å²) in [5.41, 5.74) is 7.08. The van der Waals surface area contributed by atoms with Gasteiger partial charge in [0.25, 0.3) is 11.8 Å². The number of hydrogen-bond donors (Lipinski definition) is 1. The first-order valence-corrected chi connectivity index (χ1v) is 7.08. The second kappa shape index (κ2) is 3.95. The van der Waals surface area contributed by atoms with E-state index < -0.39 is 0 Å². The number of fused-ring (bicyclic) bond motifs is 3. The summed E-state index contributed by atoms with van der Waals surface area (Å²) in [6, 6.07) is 5.09. The largest absolute Gasteiger partial charge is 0.398 e. The summed E-state index contributed by atoms with van der Waals surface area (Å²) < 4.78 is 0. The maximum atomic E-state index is 12.4. The van der Waals surface area contributed by atoms with Gasteiger partial charge in [0.2, 0.25) is 0 Å². The fraction of sp³-hybridized carbons (Fsp3) is 0.375. The van der Waals surface area contributed by atoms with Crippen molar-refractivity contribution in [3.05, 3.63) is 41.5 Å². The van der Waals surface area contributed by atoms with Crippen molar-refractivity contribution >= 4 is 17.5 Å². The van der Waals surface area contributed by atoms with Gasteiger partial charge in [0.05, 0.1) is 11.1 Å². The summed E-state index contributed by atoms with van der Waals surface area (Å²) >= 11 is 0. The number of amides is 2. The number of imide groups is 1. The highest BCUT2D eigenvalue weighted by molar-refractivity contribution is 6.23. The van der Waals surface area contributed by atoms with E-state index in [0.29, 0.717) is 41.1 Å². The van der Waals surface area contributed by atoms with Gasteiger partial charge in [-0.3, -0.25) is 14.5 Å². The van der Waals surface area contributed by atoms with Crippen molar-refractivity contribution in [3.63, 3.8) is 0 Å². The van der Waals surface area contributed by atoms with Gasteiger partial charge in [-0.05, 0) is 42.7 Å². The Morgan fingerprint density at radius 1 is 1.15 bits per heavy atom. The van der Waals surface area contributed by atoms with Gasteiger partial charge in [-0.25, -0.2) is 0 Å². The maximum Gasteiger partial charge on any atom is 0.263 e. The Hall–Kier alpha value is -2.10. The molecule has 1 aliphatic heterocycles. The predicted molar refractivity (Wildman–Crippen MR) is 75.1 cm³/mol. The van der Waals surface area contributed by atoms with Crippen LogP contribution in [0.15, 0.2) is 30.4 Å². The summed E-state index contributed by atoms with van der Waals surface area (Å²) in [7, 11) is 0. The summed E-state index contributed by atoms with van der Waals surface area (Å²) in [6.07, 6.45) is 6.77. The normalized spacial score (nSPS) is 30.4. The van der Waals surface area contributed by atoms with Gasteiger partial charge in [0, 0.05) is 12.2 Å². The molecule has 2 N–H and O–H groups in total. The molecule has 3 atom stereocenters. The van der Waals surface area contributed by atoms with E-state index in [1.807, 2.05) is 0 Å². The molecule has 1 heterocycles. The van der Waals surface area contributed by atoms with E-state index >= 15 is 0 Å². The van der Waals surface area contributed by atoms with E-state index in [9.17, 15) is 9.59 Å². The van der Waals surface area contributed by atoms with Crippen LogP contribution in [0.4, 0.5) is 5.69 Å². The molecule has 4 heteroatoms. The number of carbonyl (C=O) groups is 2. The second-order valence-electron chi connectivity index (χ2n) is 6.03. The fourth-order valence-corrected chi connectivity index (χ4v) is 3.86. The zero-order valence-electron chi connectivity index (χ0n) is 11.1. The summed E-state index contributed by atoms with van der Waals surface area (Å²) in [5, 5.41) is 0. The average Bonchev–Trinajstić information content (AvgIpc) is 3.10. The van der Waals surface area contributed by atoms with Crippen LogP contribution >= 0.6 is 0 Å². The van der Waals surface area contributed by atoms with Crippen molar-refractivity contribution in [2.45, 2.75) is 12.8 Å². The number of hydrogen-bond acceptors (Lipinski definition) is 3. The molecule has 0 saturated heterocycles. The molecule has 0 spiro atoms. The molecule has 1 saturated carbocycles. The molecule has 1 aromatic rings. The Morgan fingerprint density at radius 2 is 2.00 bits per heavy atom. The summed E-state index contributed by atoms with van der Waals surface area (Å²) in [4.78, 5) is 26.2. The van der Waals surface area contributed by atoms with Gasteiger partial charge < -0.3 is 5.73 Å². The highest BCUT2D eigenvalue weighted by Gasteiger charge is 2.42. The number of anilines is 1. The lowest BCUT2D eigenvalue weighted by Gasteiger charge is -2.23. The zero-order chi connectivity index (χ0) is 13.9. The molecule has 2 aliphatic carbocycles. The quantitative estimate of drug-likeness (QED) is 0.507. The molecule has 102 valence electrons. The number of carbonyl (C=O) groups excluding carboxylic acids is 2. The average molecular weight is 268 g/mol. The number of nitrogens with zero attached hydrogens (tertiary/aromatic N) is 1. The molecule has 3 aliphatic rings. The van der Waals surface area contributed by atoms with Crippen LogP contribution in [0.1, 0.15) is 33.6 Å². The fourth-order valence-electron chi connectivity index (χ4n) is 3.86. The first kappa shape index (κ1) is 11.7. The second-order valence-corrected chi connectivity index (χ2v) is 6.03. The molecule has 4 nitrogen and oxygen atoms in total. The topological polar surface area (TPSA) is 63.4 Å². The standard InChI is InChI=1S/C16H16N2O2/c17-13-3-1-2-12-14(13)16(20)18(15(12)19)8-11-7-9-4-5-10(11)6-9/h1-5,9-11H,6-8,17H2. The van der Waals surface area contributed by atoms with Crippen LogP contribution in [0, 0.1) is 17.8 Å². The number of nitrogens with two attached hydrogens (primary N) is 1. The van der Waals surface area contributed by atoms with Crippen molar-refractivity contribution in [2.24, 2.45) is 17.8 Å². The van der Waals surface area contributed by atoms with Crippen molar-refractivity contribution < 1.29 is 9.59 Å². The van der Waals surface area contributed by atoms with Crippen molar-refractivity contribution in [2.75, 3.05) is 12.3 Å².